The molecule has 0 aliphatic carbocycles. The normalized spacial score (nSPS) is 10.5. The molecule has 0 radical (unpaired) electrons. The largest absolute Gasteiger partial charge is 0.489 e. The number of nitrogens with zero attached hydrogens (tertiary/aromatic N) is 1. The number of carbonyl (C=O) groups excluding carboxylic acids is 1. The van der Waals surface area contributed by atoms with Crippen LogP contribution in [-0.4, -0.2) is 30.9 Å². The smallest absolute Gasteiger partial charge is 0.233 e. The predicted octanol–water partition coefficient (Wildman–Crippen LogP) is 4.72. The number of hydrogen-bond acceptors (Lipinski definition) is 4. The van der Waals surface area contributed by atoms with Crippen LogP contribution in [0.4, 0.5) is 0 Å². The summed E-state index contributed by atoms with van der Waals surface area (Å²) in [6.45, 7) is 2.10. The minimum absolute atomic E-state index is 0. The van der Waals surface area contributed by atoms with E-state index in [1.54, 1.807) is 13.3 Å². The number of nitrogens with one attached hydrogen (secondary N) is 1. The van der Waals surface area contributed by atoms with Gasteiger partial charge in [-0.2, -0.15) is 0 Å². The van der Waals surface area contributed by atoms with Gasteiger partial charge in [-0.15, -0.1) is 12.4 Å². The lowest BCUT2D eigenvalue weighted by atomic mass is 10.1. The van der Waals surface area contributed by atoms with E-state index in [9.17, 15) is 4.79 Å². The summed E-state index contributed by atoms with van der Waals surface area (Å²) in [6.07, 6.45) is 2.44. The molecule has 0 aliphatic rings. The molecule has 0 unspecified atom stereocenters. The maximum atomic E-state index is 11.8. The summed E-state index contributed by atoms with van der Waals surface area (Å²) in [5.41, 5.74) is 2.17. The summed E-state index contributed by atoms with van der Waals surface area (Å²) in [6, 6.07) is 19.5. The van der Waals surface area contributed by atoms with Crippen molar-refractivity contribution < 1.29 is 13.9 Å². The molecule has 0 fully saturated rings. The van der Waals surface area contributed by atoms with Gasteiger partial charge in [0.2, 0.25) is 5.91 Å². The maximum Gasteiger partial charge on any atom is 0.233 e. The van der Waals surface area contributed by atoms with Gasteiger partial charge in [0, 0.05) is 18.6 Å². The molecule has 0 bridgehead atoms. The van der Waals surface area contributed by atoms with Crippen LogP contribution in [0, 0.1) is 0 Å². The van der Waals surface area contributed by atoms with Crippen LogP contribution in [0.2, 0.25) is 5.02 Å². The molecule has 2 aromatic carbocycles. The summed E-state index contributed by atoms with van der Waals surface area (Å²) >= 11 is 6.02. The average Bonchev–Trinajstić information content (AvgIpc) is 3.24. The van der Waals surface area contributed by atoms with Gasteiger partial charge in [-0.25, -0.2) is 0 Å². The van der Waals surface area contributed by atoms with Crippen LogP contribution >= 0.6 is 24.0 Å². The van der Waals surface area contributed by atoms with Gasteiger partial charge >= 0.3 is 0 Å². The SMILES string of the molecule is CNC(=O)CN(CCc1cccc(OCc2cccc(Cl)c2)c1)Cc1ccco1.Cl. The molecule has 160 valence electrons. The molecule has 0 atom stereocenters. The number of likely N-dealkylation sites (N-methyl/N-ethyl adjacent to an activating group) is 1. The van der Waals surface area contributed by atoms with E-state index >= 15 is 0 Å². The molecule has 3 aromatic rings. The number of hydrogen-bond donors (Lipinski definition) is 1. The van der Waals surface area contributed by atoms with Crippen LogP contribution in [0.25, 0.3) is 0 Å². The number of ether oxygens (including phenoxy) is 1. The minimum Gasteiger partial charge on any atom is -0.489 e. The molecule has 3 rings (SSSR count). The summed E-state index contributed by atoms with van der Waals surface area (Å²) in [5.74, 6) is 1.63. The Morgan fingerprint density at radius 3 is 2.63 bits per heavy atom. The van der Waals surface area contributed by atoms with Crippen molar-refractivity contribution >= 4 is 29.9 Å². The van der Waals surface area contributed by atoms with E-state index < -0.39 is 0 Å². The fraction of sp³-hybridized carbons (Fsp3) is 0.261. The molecule has 0 aliphatic heterocycles. The molecule has 0 saturated carbocycles. The van der Waals surface area contributed by atoms with Crippen molar-refractivity contribution in [3.63, 3.8) is 0 Å². The highest BCUT2D eigenvalue weighted by Crippen LogP contribution is 2.18. The third-order valence-electron chi connectivity index (χ3n) is 4.52. The third kappa shape index (κ3) is 7.75. The van der Waals surface area contributed by atoms with Gasteiger partial charge in [0.15, 0.2) is 0 Å². The fourth-order valence-corrected chi connectivity index (χ4v) is 3.20. The van der Waals surface area contributed by atoms with Gasteiger partial charge in [-0.05, 0) is 53.9 Å². The zero-order valence-corrected chi connectivity index (χ0v) is 18.4. The Balaban J connectivity index is 0.00000320. The molecule has 1 aromatic heterocycles. The van der Waals surface area contributed by atoms with Crippen LogP contribution in [0.5, 0.6) is 5.75 Å². The average molecular weight is 449 g/mol. The molecular formula is C23H26Cl2N2O3. The van der Waals surface area contributed by atoms with Gasteiger partial charge in [-0.3, -0.25) is 9.69 Å². The van der Waals surface area contributed by atoms with Crippen molar-refractivity contribution in [2.24, 2.45) is 0 Å². The highest BCUT2D eigenvalue weighted by molar-refractivity contribution is 6.30. The lowest BCUT2D eigenvalue weighted by Crippen LogP contribution is -2.36. The Hall–Kier alpha value is -2.47. The molecule has 5 nitrogen and oxygen atoms in total. The first kappa shape index (κ1) is 23.8. The van der Waals surface area contributed by atoms with Gasteiger partial charge in [0.05, 0.1) is 19.4 Å². The zero-order chi connectivity index (χ0) is 20.5. The summed E-state index contributed by atoms with van der Waals surface area (Å²) in [4.78, 5) is 13.9. The summed E-state index contributed by atoms with van der Waals surface area (Å²) in [5, 5.41) is 3.38. The highest BCUT2D eigenvalue weighted by Gasteiger charge is 2.12. The quantitative estimate of drug-likeness (QED) is 0.487. The van der Waals surface area contributed by atoms with Gasteiger partial charge in [-0.1, -0.05) is 35.9 Å². The number of amides is 1. The van der Waals surface area contributed by atoms with Crippen molar-refractivity contribution in [2.75, 3.05) is 20.1 Å². The van der Waals surface area contributed by atoms with E-state index in [4.69, 9.17) is 20.8 Å². The monoisotopic (exact) mass is 448 g/mol. The Morgan fingerprint density at radius 2 is 1.90 bits per heavy atom. The standard InChI is InChI=1S/C23H25ClN2O3.ClH/c1-25-23(27)16-26(15-22-9-4-12-28-22)11-10-18-5-3-8-21(14-18)29-17-19-6-2-7-20(24)13-19;/h2-9,12-14H,10-11,15-17H2,1H3,(H,25,27);1H. The molecule has 1 N–H and O–H groups in total. The minimum atomic E-state index is -0.0184. The van der Waals surface area contributed by atoms with E-state index in [2.05, 4.69) is 16.3 Å². The van der Waals surface area contributed by atoms with Crippen molar-refractivity contribution in [1.29, 1.82) is 0 Å². The molecule has 0 saturated heterocycles. The number of furan rings is 1. The third-order valence-corrected chi connectivity index (χ3v) is 4.75. The first-order valence-electron chi connectivity index (χ1n) is 9.54. The highest BCUT2D eigenvalue weighted by atomic mass is 35.5. The second kappa shape index (κ2) is 12.3. The summed E-state index contributed by atoms with van der Waals surface area (Å²) in [7, 11) is 1.65. The van der Waals surface area contributed by atoms with Crippen molar-refractivity contribution in [3.05, 3.63) is 88.8 Å². The Kier molecular flexibility index (Phi) is 9.74. The zero-order valence-electron chi connectivity index (χ0n) is 16.8. The molecule has 0 spiro atoms. The Bertz CT molecular complexity index is 916. The van der Waals surface area contributed by atoms with Crippen LogP contribution in [0.1, 0.15) is 16.9 Å². The first-order valence-corrected chi connectivity index (χ1v) is 9.91. The van der Waals surface area contributed by atoms with Gasteiger partial charge < -0.3 is 14.5 Å². The van der Waals surface area contributed by atoms with Crippen LogP contribution in [0.15, 0.2) is 71.3 Å². The van der Waals surface area contributed by atoms with Gasteiger partial charge in [0.1, 0.15) is 18.1 Å². The maximum absolute atomic E-state index is 11.8. The van der Waals surface area contributed by atoms with Crippen molar-refractivity contribution in [1.82, 2.24) is 10.2 Å². The topological polar surface area (TPSA) is 54.7 Å². The first-order chi connectivity index (χ1) is 14.1. The number of benzene rings is 2. The Morgan fingerprint density at radius 1 is 1.10 bits per heavy atom. The van der Waals surface area contributed by atoms with E-state index in [1.807, 2.05) is 54.6 Å². The molecule has 30 heavy (non-hydrogen) atoms. The van der Waals surface area contributed by atoms with E-state index in [1.165, 1.54) is 0 Å². The second-order valence-corrected chi connectivity index (χ2v) is 7.22. The second-order valence-electron chi connectivity index (χ2n) is 6.78. The van der Waals surface area contributed by atoms with E-state index in [0.717, 1.165) is 35.6 Å². The molecular weight excluding hydrogens is 423 g/mol. The van der Waals surface area contributed by atoms with Crippen molar-refractivity contribution in [3.8, 4) is 5.75 Å². The molecule has 7 heteroatoms. The van der Waals surface area contributed by atoms with Crippen molar-refractivity contribution in [2.45, 2.75) is 19.6 Å². The predicted molar refractivity (Wildman–Crippen MR) is 121 cm³/mol. The lowest BCUT2D eigenvalue weighted by molar-refractivity contribution is -0.121. The molecule has 1 heterocycles. The molecule has 1 amide bonds. The summed E-state index contributed by atoms with van der Waals surface area (Å²) < 4.78 is 11.3. The number of halogens is 2. The van der Waals surface area contributed by atoms with Gasteiger partial charge in [0.25, 0.3) is 0 Å². The number of rotatable bonds is 10. The van der Waals surface area contributed by atoms with Crippen LogP contribution in [0.3, 0.4) is 0 Å². The lowest BCUT2D eigenvalue weighted by Gasteiger charge is -2.20. The van der Waals surface area contributed by atoms with Crippen LogP contribution in [-0.2, 0) is 24.4 Å². The van der Waals surface area contributed by atoms with Crippen LogP contribution < -0.4 is 10.1 Å². The van der Waals surface area contributed by atoms with E-state index in [-0.39, 0.29) is 18.3 Å². The fourth-order valence-electron chi connectivity index (χ4n) is 2.99. The number of carbonyl (C=O) groups is 1. The van der Waals surface area contributed by atoms with E-state index in [0.29, 0.717) is 24.7 Å². The Labute approximate surface area is 188 Å².